The van der Waals surface area contributed by atoms with Crippen molar-refractivity contribution in [2.75, 3.05) is 6.54 Å². The maximum atomic E-state index is 11.7. The summed E-state index contributed by atoms with van der Waals surface area (Å²) in [5.41, 5.74) is 3.56. The van der Waals surface area contributed by atoms with Crippen molar-refractivity contribution in [1.82, 2.24) is 4.90 Å². The SMILES string of the molecule is CCN(Cc1ccc(C)c(C)c1)C(=O)C(Cl)Cl. The summed E-state index contributed by atoms with van der Waals surface area (Å²) in [5, 5.41) is 0. The van der Waals surface area contributed by atoms with E-state index in [4.69, 9.17) is 23.2 Å². The number of amides is 1. The van der Waals surface area contributed by atoms with Gasteiger partial charge in [0.15, 0.2) is 4.84 Å². The summed E-state index contributed by atoms with van der Waals surface area (Å²) < 4.78 is 0. The Kier molecular flexibility index (Phi) is 5.29. The van der Waals surface area contributed by atoms with Crippen molar-refractivity contribution in [3.05, 3.63) is 34.9 Å². The zero-order chi connectivity index (χ0) is 13.0. The molecule has 0 spiro atoms. The fourth-order valence-electron chi connectivity index (χ4n) is 1.61. The molecule has 0 unspecified atom stereocenters. The number of nitrogens with zero attached hydrogens (tertiary/aromatic N) is 1. The number of hydrogen-bond acceptors (Lipinski definition) is 1. The highest BCUT2D eigenvalue weighted by molar-refractivity contribution is 6.53. The van der Waals surface area contributed by atoms with Crippen LogP contribution < -0.4 is 0 Å². The normalized spacial score (nSPS) is 10.7. The van der Waals surface area contributed by atoms with Crippen LogP contribution in [-0.2, 0) is 11.3 Å². The Morgan fingerprint density at radius 1 is 1.29 bits per heavy atom. The maximum Gasteiger partial charge on any atom is 0.256 e. The third-order valence-electron chi connectivity index (χ3n) is 2.82. The third-order valence-corrected chi connectivity index (χ3v) is 3.20. The number of hydrogen-bond donors (Lipinski definition) is 0. The van der Waals surface area contributed by atoms with Crippen LogP contribution in [0, 0.1) is 13.8 Å². The van der Waals surface area contributed by atoms with E-state index in [1.54, 1.807) is 4.90 Å². The van der Waals surface area contributed by atoms with Crippen LogP contribution in [0.3, 0.4) is 0 Å². The number of aryl methyl sites for hydroxylation is 2. The summed E-state index contributed by atoms with van der Waals surface area (Å²) in [5.74, 6) is -0.242. The molecule has 0 N–H and O–H groups in total. The molecular formula is C13H17Cl2NO. The van der Waals surface area contributed by atoms with Gasteiger partial charge in [0.05, 0.1) is 0 Å². The van der Waals surface area contributed by atoms with Crippen LogP contribution in [0.2, 0.25) is 0 Å². The molecule has 0 heterocycles. The fourth-order valence-corrected chi connectivity index (χ4v) is 1.88. The predicted molar refractivity (Wildman–Crippen MR) is 72.5 cm³/mol. The summed E-state index contributed by atoms with van der Waals surface area (Å²) in [7, 11) is 0. The molecule has 0 radical (unpaired) electrons. The van der Waals surface area contributed by atoms with E-state index in [0.717, 1.165) is 5.56 Å². The van der Waals surface area contributed by atoms with Crippen LogP contribution in [0.1, 0.15) is 23.6 Å². The van der Waals surface area contributed by atoms with Crippen LogP contribution in [0.25, 0.3) is 0 Å². The number of halogens is 2. The first-order valence-corrected chi connectivity index (χ1v) is 6.46. The second-order valence-electron chi connectivity index (χ2n) is 4.07. The minimum atomic E-state index is -0.985. The Morgan fingerprint density at radius 3 is 2.41 bits per heavy atom. The Balaban J connectivity index is 2.80. The van der Waals surface area contributed by atoms with Gasteiger partial charge in [-0.1, -0.05) is 41.4 Å². The fraction of sp³-hybridized carbons (Fsp3) is 0.462. The molecular weight excluding hydrogens is 257 g/mol. The van der Waals surface area contributed by atoms with Crippen molar-refractivity contribution in [2.24, 2.45) is 0 Å². The standard InChI is InChI=1S/C13H17Cl2NO/c1-4-16(13(17)12(14)15)8-11-6-5-9(2)10(3)7-11/h5-7,12H,4,8H2,1-3H3. The highest BCUT2D eigenvalue weighted by Crippen LogP contribution is 2.14. The van der Waals surface area contributed by atoms with E-state index in [1.165, 1.54) is 11.1 Å². The van der Waals surface area contributed by atoms with Crippen LogP contribution in [0.4, 0.5) is 0 Å². The van der Waals surface area contributed by atoms with E-state index in [2.05, 4.69) is 26.0 Å². The van der Waals surface area contributed by atoms with Crippen molar-refractivity contribution in [2.45, 2.75) is 32.2 Å². The first-order chi connectivity index (χ1) is 7.95. The van der Waals surface area contributed by atoms with Crippen molar-refractivity contribution >= 4 is 29.1 Å². The van der Waals surface area contributed by atoms with Crippen LogP contribution in [0.5, 0.6) is 0 Å². The van der Waals surface area contributed by atoms with Crippen molar-refractivity contribution in [1.29, 1.82) is 0 Å². The van der Waals surface area contributed by atoms with E-state index in [1.807, 2.05) is 13.0 Å². The quantitative estimate of drug-likeness (QED) is 0.770. The molecule has 1 amide bonds. The average Bonchev–Trinajstić information content (AvgIpc) is 2.29. The van der Waals surface area contributed by atoms with Gasteiger partial charge in [-0.3, -0.25) is 4.79 Å². The van der Waals surface area contributed by atoms with E-state index in [-0.39, 0.29) is 5.91 Å². The first kappa shape index (κ1) is 14.3. The second-order valence-corrected chi connectivity index (χ2v) is 5.17. The van der Waals surface area contributed by atoms with Crippen LogP contribution in [-0.4, -0.2) is 22.2 Å². The molecule has 94 valence electrons. The Morgan fingerprint density at radius 2 is 1.94 bits per heavy atom. The number of benzene rings is 1. The molecule has 0 aliphatic heterocycles. The molecule has 0 atom stereocenters. The van der Waals surface area contributed by atoms with Gasteiger partial charge >= 0.3 is 0 Å². The Labute approximate surface area is 113 Å². The predicted octanol–water partition coefficient (Wildman–Crippen LogP) is 3.46. The lowest BCUT2D eigenvalue weighted by atomic mass is 10.1. The van der Waals surface area contributed by atoms with Crippen molar-refractivity contribution in [3.63, 3.8) is 0 Å². The average molecular weight is 274 g/mol. The van der Waals surface area contributed by atoms with E-state index < -0.39 is 4.84 Å². The molecule has 1 aromatic carbocycles. The molecule has 0 aliphatic carbocycles. The molecule has 0 bridgehead atoms. The van der Waals surface area contributed by atoms with Gasteiger partial charge in [-0.2, -0.15) is 0 Å². The summed E-state index contributed by atoms with van der Waals surface area (Å²) in [6.45, 7) is 7.18. The molecule has 2 nitrogen and oxygen atoms in total. The smallest absolute Gasteiger partial charge is 0.256 e. The molecule has 0 aliphatic rings. The summed E-state index contributed by atoms with van der Waals surface area (Å²) in [6.07, 6.45) is 0. The molecule has 0 saturated carbocycles. The van der Waals surface area contributed by atoms with E-state index >= 15 is 0 Å². The molecule has 17 heavy (non-hydrogen) atoms. The maximum absolute atomic E-state index is 11.7. The van der Waals surface area contributed by atoms with E-state index in [9.17, 15) is 4.79 Å². The van der Waals surface area contributed by atoms with Gasteiger partial charge in [0.2, 0.25) is 0 Å². The molecule has 1 aromatic rings. The minimum Gasteiger partial charge on any atom is -0.336 e. The number of rotatable bonds is 4. The molecule has 0 saturated heterocycles. The van der Waals surface area contributed by atoms with Gasteiger partial charge in [0.25, 0.3) is 5.91 Å². The topological polar surface area (TPSA) is 20.3 Å². The lowest BCUT2D eigenvalue weighted by molar-refractivity contribution is -0.129. The highest BCUT2D eigenvalue weighted by Gasteiger charge is 2.18. The Hall–Kier alpha value is -0.730. The molecule has 0 aromatic heterocycles. The lowest BCUT2D eigenvalue weighted by Crippen LogP contribution is -2.34. The summed E-state index contributed by atoms with van der Waals surface area (Å²) in [4.78, 5) is 12.4. The summed E-state index contributed by atoms with van der Waals surface area (Å²) >= 11 is 11.2. The monoisotopic (exact) mass is 273 g/mol. The van der Waals surface area contributed by atoms with E-state index in [0.29, 0.717) is 13.1 Å². The largest absolute Gasteiger partial charge is 0.336 e. The Bertz CT molecular complexity index is 404. The van der Waals surface area contributed by atoms with Gasteiger partial charge in [0, 0.05) is 13.1 Å². The number of carbonyl (C=O) groups is 1. The molecule has 0 fully saturated rings. The zero-order valence-electron chi connectivity index (χ0n) is 10.3. The van der Waals surface area contributed by atoms with Crippen LogP contribution in [0.15, 0.2) is 18.2 Å². The van der Waals surface area contributed by atoms with Gasteiger partial charge < -0.3 is 4.90 Å². The lowest BCUT2D eigenvalue weighted by Gasteiger charge is -2.21. The zero-order valence-corrected chi connectivity index (χ0v) is 11.8. The summed E-state index contributed by atoms with van der Waals surface area (Å²) in [6, 6.07) is 6.17. The number of alkyl halides is 2. The minimum absolute atomic E-state index is 0.242. The van der Waals surface area contributed by atoms with Gasteiger partial charge in [-0.25, -0.2) is 0 Å². The van der Waals surface area contributed by atoms with Crippen LogP contribution >= 0.6 is 23.2 Å². The van der Waals surface area contributed by atoms with Gasteiger partial charge in [-0.05, 0) is 37.5 Å². The first-order valence-electron chi connectivity index (χ1n) is 5.58. The second kappa shape index (κ2) is 6.27. The number of carbonyl (C=O) groups excluding carboxylic acids is 1. The van der Waals surface area contributed by atoms with Gasteiger partial charge in [-0.15, -0.1) is 0 Å². The highest BCUT2D eigenvalue weighted by atomic mass is 35.5. The molecule has 1 rings (SSSR count). The van der Waals surface area contributed by atoms with Gasteiger partial charge in [0.1, 0.15) is 0 Å². The van der Waals surface area contributed by atoms with Crippen molar-refractivity contribution in [3.8, 4) is 0 Å². The third kappa shape index (κ3) is 3.90. The molecule has 4 heteroatoms. The van der Waals surface area contributed by atoms with Crippen molar-refractivity contribution < 1.29 is 4.79 Å².